The fourth-order valence-electron chi connectivity index (χ4n) is 5.36. The van der Waals surface area contributed by atoms with Crippen molar-refractivity contribution in [3.8, 4) is 0 Å². The van der Waals surface area contributed by atoms with Gasteiger partial charge in [0.25, 0.3) is 0 Å². The first-order chi connectivity index (χ1) is 14.9. The number of rotatable bonds is 5. The Balaban J connectivity index is 1.26. The predicted molar refractivity (Wildman–Crippen MR) is 120 cm³/mol. The number of aromatic nitrogens is 2. The Morgan fingerprint density at radius 2 is 2.13 bits per heavy atom. The van der Waals surface area contributed by atoms with Crippen molar-refractivity contribution in [2.24, 2.45) is 5.41 Å². The van der Waals surface area contributed by atoms with Crippen LogP contribution in [0.3, 0.4) is 0 Å². The molecule has 1 aliphatic carbocycles. The molecule has 2 aromatic rings. The van der Waals surface area contributed by atoms with E-state index in [0.29, 0.717) is 24.4 Å². The van der Waals surface area contributed by atoms with Crippen molar-refractivity contribution in [1.29, 1.82) is 0 Å². The molecule has 2 atom stereocenters. The number of hydrogen-bond donors (Lipinski definition) is 2. The molecule has 0 radical (unpaired) electrons. The summed E-state index contributed by atoms with van der Waals surface area (Å²) in [4.78, 5) is 18.6. The van der Waals surface area contributed by atoms with E-state index in [4.69, 9.17) is 0 Å². The second-order valence-corrected chi connectivity index (χ2v) is 10.00. The summed E-state index contributed by atoms with van der Waals surface area (Å²) in [7, 11) is 0. The number of carbonyl (C=O) groups excluding carboxylic acids is 1. The summed E-state index contributed by atoms with van der Waals surface area (Å²) in [6.45, 7) is 10.8. The Morgan fingerprint density at radius 1 is 1.29 bits per heavy atom. The molecule has 5 rings (SSSR count). The molecule has 2 N–H and O–H groups in total. The number of nitrogens with one attached hydrogen (secondary N) is 1. The summed E-state index contributed by atoms with van der Waals surface area (Å²) in [6.07, 6.45) is 7.26. The standard InChI is InChI=1S/C23H34N6O2/c1-17-14-26(10-11-27(17)16-23(2)6-3-7-23)15-18-4-9-29-19(12-18)20(13-24-29)28-8-5-21(30)25-22(28)31/h4,9,12-13,17,22,31H,3,5-8,10-11,14-16H2,1-2H3,(H,25,30)/t17-,22?/m0/s1. The van der Waals surface area contributed by atoms with Crippen LogP contribution in [0.25, 0.3) is 5.52 Å². The van der Waals surface area contributed by atoms with Crippen molar-refractivity contribution in [2.45, 2.75) is 58.5 Å². The van der Waals surface area contributed by atoms with Crippen LogP contribution in [0.4, 0.5) is 5.69 Å². The Hall–Kier alpha value is -2.16. The molecule has 3 aliphatic rings. The SMILES string of the molecule is C[C@H]1CN(Cc2ccn3ncc(N4CCC(=O)NC4O)c3c2)CCN1CC1(C)CCC1. The van der Waals surface area contributed by atoms with Crippen LogP contribution < -0.4 is 10.2 Å². The molecule has 1 unspecified atom stereocenters. The van der Waals surface area contributed by atoms with Crippen LogP contribution in [0.5, 0.6) is 0 Å². The lowest BCUT2D eigenvalue weighted by atomic mass is 9.70. The number of amides is 1. The van der Waals surface area contributed by atoms with Crippen LogP contribution in [0.2, 0.25) is 0 Å². The maximum atomic E-state index is 11.5. The van der Waals surface area contributed by atoms with E-state index in [-0.39, 0.29) is 5.91 Å². The van der Waals surface area contributed by atoms with Crippen molar-refractivity contribution < 1.29 is 9.90 Å². The molecule has 0 bridgehead atoms. The van der Waals surface area contributed by atoms with Gasteiger partial charge in [-0.05, 0) is 42.9 Å². The third-order valence-corrected chi connectivity index (χ3v) is 7.44. The first-order valence-electron chi connectivity index (χ1n) is 11.6. The van der Waals surface area contributed by atoms with Crippen LogP contribution in [0, 0.1) is 5.41 Å². The molecule has 2 aromatic heterocycles. The van der Waals surface area contributed by atoms with E-state index in [1.807, 2.05) is 10.7 Å². The van der Waals surface area contributed by atoms with Gasteiger partial charge in [-0.15, -0.1) is 0 Å². The summed E-state index contributed by atoms with van der Waals surface area (Å²) in [5.74, 6) is -0.125. The highest BCUT2D eigenvalue weighted by Crippen LogP contribution is 2.41. The zero-order valence-corrected chi connectivity index (χ0v) is 18.6. The predicted octanol–water partition coefficient (Wildman–Crippen LogP) is 1.63. The molecule has 0 spiro atoms. The molecule has 1 amide bonds. The number of carbonyl (C=O) groups is 1. The minimum Gasteiger partial charge on any atom is -0.356 e. The van der Waals surface area contributed by atoms with Gasteiger partial charge in [-0.2, -0.15) is 5.10 Å². The van der Waals surface area contributed by atoms with E-state index >= 15 is 0 Å². The van der Waals surface area contributed by atoms with Gasteiger partial charge in [0, 0.05) is 57.9 Å². The molecule has 168 valence electrons. The first-order valence-corrected chi connectivity index (χ1v) is 11.6. The van der Waals surface area contributed by atoms with Crippen LogP contribution in [0.1, 0.15) is 45.1 Å². The lowest BCUT2D eigenvalue weighted by Crippen LogP contribution is -2.54. The van der Waals surface area contributed by atoms with Crippen molar-refractivity contribution >= 4 is 17.1 Å². The van der Waals surface area contributed by atoms with Crippen molar-refractivity contribution in [1.82, 2.24) is 24.7 Å². The second-order valence-electron chi connectivity index (χ2n) is 10.00. The number of aliphatic hydroxyl groups excluding tert-OH is 1. The molecule has 31 heavy (non-hydrogen) atoms. The summed E-state index contributed by atoms with van der Waals surface area (Å²) in [5.41, 5.74) is 3.59. The number of anilines is 1. The monoisotopic (exact) mass is 426 g/mol. The number of pyridine rings is 1. The average molecular weight is 427 g/mol. The van der Waals surface area contributed by atoms with Gasteiger partial charge in [0.1, 0.15) is 0 Å². The first kappa shape index (κ1) is 20.7. The van der Waals surface area contributed by atoms with Crippen LogP contribution in [-0.2, 0) is 11.3 Å². The number of nitrogens with zero attached hydrogens (tertiary/aromatic N) is 5. The Morgan fingerprint density at radius 3 is 2.84 bits per heavy atom. The molecule has 0 aromatic carbocycles. The number of aliphatic hydroxyl groups is 1. The largest absolute Gasteiger partial charge is 0.356 e. The van der Waals surface area contributed by atoms with Crippen LogP contribution in [0.15, 0.2) is 24.5 Å². The molecule has 3 fully saturated rings. The Bertz CT molecular complexity index is 955. The molecule has 8 nitrogen and oxygen atoms in total. The van der Waals surface area contributed by atoms with Gasteiger partial charge >= 0.3 is 0 Å². The normalized spacial score (nSPS) is 27.3. The fraction of sp³-hybridized carbons (Fsp3) is 0.652. The number of hydrogen-bond acceptors (Lipinski definition) is 6. The third kappa shape index (κ3) is 4.16. The van der Waals surface area contributed by atoms with Crippen molar-refractivity contribution in [3.05, 3.63) is 30.1 Å². The highest BCUT2D eigenvalue weighted by atomic mass is 16.3. The Labute approximate surface area is 183 Å². The average Bonchev–Trinajstić information content (AvgIpc) is 3.12. The molecular weight excluding hydrogens is 392 g/mol. The van der Waals surface area contributed by atoms with Crippen molar-refractivity contribution in [2.75, 3.05) is 37.6 Å². The maximum absolute atomic E-state index is 11.5. The number of fused-ring (bicyclic) bond motifs is 1. The molecule has 1 saturated carbocycles. The summed E-state index contributed by atoms with van der Waals surface area (Å²) >= 11 is 0. The van der Waals surface area contributed by atoms with Gasteiger partial charge in [0.2, 0.25) is 12.3 Å². The molecular formula is C23H34N6O2. The van der Waals surface area contributed by atoms with Crippen LogP contribution >= 0.6 is 0 Å². The van der Waals surface area contributed by atoms with Gasteiger partial charge in [0.05, 0.1) is 17.4 Å². The topological polar surface area (TPSA) is 76.3 Å². The lowest BCUT2D eigenvalue weighted by Gasteiger charge is -2.47. The van der Waals surface area contributed by atoms with Gasteiger partial charge in [-0.1, -0.05) is 13.3 Å². The smallest absolute Gasteiger partial charge is 0.225 e. The van der Waals surface area contributed by atoms with E-state index in [2.05, 4.69) is 46.2 Å². The van der Waals surface area contributed by atoms with E-state index in [0.717, 1.165) is 37.4 Å². The summed E-state index contributed by atoms with van der Waals surface area (Å²) in [5, 5.41) is 17.3. The van der Waals surface area contributed by atoms with E-state index in [1.54, 1.807) is 11.1 Å². The van der Waals surface area contributed by atoms with E-state index in [9.17, 15) is 9.90 Å². The van der Waals surface area contributed by atoms with Crippen molar-refractivity contribution in [3.63, 3.8) is 0 Å². The quantitative estimate of drug-likeness (QED) is 0.757. The summed E-state index contributed by atoms with van der Waals surface area (Å²) in [6, 6.07) is 4.87. The van der Waals surface area contributed by atoms with E-state index in [1.165, 1.54) is 31.4 Å². The molecule has 2 aliphatic heterocycles. The fourth-order valence-corrected chi connectivity index (χ4v) is 5.36. The van der Waals surface area contributed by atoms with Gasteiger partial charge in [-0.25, -0.2) is 4.52 Å². The Kier molecular flexibility index (Phi) is 5.40. The van der Waals surface area contributed by atoms with Gasteiger partial charge < -0.3 is 15.3 Å². The third-order valence-electron chi connectivity index (χ3n) is 7.44. The molecule has 4 heterocycles. The maximum Gasteiger partial charge on any atom is 0.225 e. The van der Waals surface area contributed by atoms with Gasteiger partial charge in [-0.3, -0.25) is 14.6 Å². The zero-order chi connectivity index (χ0) is 21.6. The minimum atomic E-state index is -1.01. The second kappa shape index (κ2) is 8.07. The van der Waals surface area contributed by atoms with Crippen LogP contribution in [-0.4, -0.2) is 75.5 Å². The minimum absolute atomic E-state index is 0.125. The molecule has 2 saturated heterocycles. The summed E-state index contributed by atoms with van der Waals surface area (Å²) < 4.78 is 1.84. The number of piperazine rings is 1. The van der Waals surface area contributed by atoms with Gasteiger partial charge in [0.15, 0.2) is 0 Å². The zero-order valence-electron chi connectivity index (χ0n) is 18.6. The molecule has 8 heteroatoms. The highest BCUT2D eigenvalue weighted by Gasteiger charge is 2.36. The highest BCUT2D eigenvalue weighted by molar-refractivity contribution is 5.81. The van der Waals surface area contributed by atoms with E-state index < -0.39 is 6.35 Å². The lowest BCUT2D eigenvalue weighted by molar-refractivity contribution is -0.125.